The van der Waals surface area contributed by atoms with Gasteiger partial charge in [-0.3, -0.25) is 9.59 Å². The molecule has 8 nitrogen and oxygen atoms in total. The second kappa shape index (κ2) is 11.8. The predicted molar refractivity (Wildman–Crippen MR) is 135 cm³/mol. The number of anilines is 1. The summed E-state index contributed by atoms with van der Waals surface area (Å²) < 4.78 is 41.8. The molecule has 1 atom stereocenters. The van der Waals surface area contributed by atoms with Crippen molar-refractivity contribution >= 4 is 27.5 Å². The van der Waals surface area contributed by atoms with E-state index >= 15 is 0 Å². The Morgan fingerprint density at radius 1 is 0.889 bits per heavy atom. The number of piperazine rings is 1. The molecule has 10 heteroatoms. The van der Waals surface area contributed by atoms with E-state index in [1.807, 2.05) is 9.80 Å². The number of hydrogen-bond donors (Lipinski definition) is 1. The van der Waals surface area contributed by atoms with E-state index in [-0.39, 0.29) is 48.0 Å². The maximum absolute atomic E-state index is 14.2. The standard InChI is InChI=1S/C26H33FN4O4S/c27-23-10-4-5-11-24(23)29-17-19-30(20-18-29)26(33)21-7-6-15-31(16-13-25(32)28-14-12-21)36(34,35)22-8-2-1-3-9-22/h1-5,8-11,21H,6-7,12-20H2,(H,28,32). The Morgan fingerprint density at radius 2 is 1.58 bits per heavy atom. The summed E-state index contributed by atoms with van der Waals surface area (Å²) in [6, 6.07) is 14.8. The smallest absolute Gasteiger partial charge is 0.243 e. The minimum absolute atomic E-state index is 0.00847. The lowest BCUT2D eigenvalue weighted by molar-refractivity contribution is -0.136. The van der Waals surface area contributed by atoms with Crippen molar-refractivity contribution in [2.24, 2.45) is 5.92 Å². The highest BCUT2D eigenvalue weighted by molar-refractivity contribution is 7.89. The molecule has 1 N–H and O–H groups in total. The molecule has 2 fully saturated rings. The summed E-state index contributed by atoms with van der Waals surface area (Å²) >= 11 is 0. The number of rotatable bonds is 4. The van der Waals surface area contributed by atoms with Crippen LogP contribution in [0, 0.1) is 11.7 Å². The Balaban J connectivity index is 1.40. The van der Waals surface area contributed by atoms with Crippen molar-refractivity contribution in [2.45, 2.75) is 30.6 Å². The number of hydrogen-bond acceptors (Lipinski definition) is 5. The fourth-order valence-corrected chi connectivity index (χ4v) is 6.33. The molecular formula is C26H33FN4O4S. The zero-order valence-corrected chi connectivity index (χ0v) is 21.1. The number of carbonyl (C=O) groups excluding carboxylic acids is 2. The van der Waals surface area contributed by atoms with Crippen molar-refractivity contribution in [3.63, 3.8) is 0 Å². The number of nitrogens with zero attached hydrogens (tertiary/aromatic N) is 3. The van der Waals surface area contributed by atoms with Gasteiger partial charge in [0.2, 0.25) is 21.8 Å². The molecule has 0 aliphatic carbocycles. The summed E-state index contributed by atoms with van der Waals surface area (Å²) in [4.78, 5) is 29.7. The van der Waals surface area contributed by atoms with E-state index in [1.165, 1.54) is 10.4 Å². The van der Waals surface area contributed by atoms with Crippen LogP contribution >= 0.6 is 0 Å². The highest BCUT2D eigenvalue weighted by Gasteiger charge is 2.30. The molecule has 1 unspecified atom stereocenters. The Kier molecular flexibility index (Phi) is 8.58. The average molecular weight is 517 g/mol. The minimum Gasteiger partial charge on any atom is -0.366 e. The van der Waals surface area contributed by atoms with Crippen LogP contribution in [0.3, 0.4) is 0 Å². The van der Waals surface area contributed by atoms with Crippen LogP contribution in [0.4, 0.5) is 10.1 Å². The van der Waals surface area contributed by atoms with Gasteiger partial charge in [-0.15, -0.1) is 0 Å². The van der Waals surface area contributed by atoms with E-state index in [0.29, 0.717) is 57.7 Å². The molecule has 2 aromatic carbocycles. The van der Waals surface area contributed by atoms with Gasteiger partial charge in [0, 0.05) is 58.2 Å². The number of para-hydroxylation sites is 1. The van der Waals surface area contributed by atoms with Crippen molar-refractivity contribution in [1.29, 1.82) is 0 Å². The zero-order chi connectivity index (χ0) is 25.5. The van der Waals surface area contributed by atoms with Crippen molar-refractivity contribution in [2.75, 3.05) is 50.7 Å². The normalized spacial score (nSPS) is 20.9. The number of halogens is 1. The molecule has 0 radical (unpaired) electrons. The van der Waals surface area contributed by atoms with Crippen LogP contribution in [0.5, 0.6) is 0 Å². The van der Waals surface area contributed by atoms with Gasteiger partial charge >= 0.3 is 0 Å². The topological polar surface area (TPSA) is 90.0 Å². The molecule has 2 heterocycles. The van der Waals surface area contributed by atoms with Gasteiger partial charge in [0.25, 0.3) is 0 Å². The average Bonchev–Trinajstić information content (AvgIpc) is 2.94. The maximum Gasteiger partial charge on any atom is 0.243 e. The van der Waals surface area contributed by atoms with Gasteiger partial charge in [-0.1, -0.05) is 30.3 Å². The van der Waals surface area contributed by atoms with Crippen molar-refractivity contribution in [1.82, 2.24) is 14.5 Å². The molecule has 2 saturated heterocycles. The molecule has 4 rings (SSSR count). The largest absolute Gasteiger partial charge is 0.366 e. The molecule has 2 aromatic rings. The lowest BCUT2D eigenvalue weighted by atomic mass is 9.97. The first-order chi connectivity index (χ1) is 17.4. The van der Waals surface area contributed by atoms with Crippen molar-refractivity contribution in [3.05, 3.63) is 60.4 Å². The summed E-state index contributed by atoms with van der Waals surface area (Å²) in [6.07, 6.45) is 1.63. The zero-order valence-electron chi connectivity index (χ0n) is 20.3. The number of nitrogens with one attached hydrogen (secondary N) is 1. The van der Waals surface area contributed by atoms with Crippen molar-refractivity contribution < 1.29 is 22.4 Å². The summed E-state index contributed by atoms with van der Waals surface area (Å²) in [5, 5.41) is 2.83. The van der Waals surface area contributed by atoms with Gasteiger partial charge in [-0.25, -0.2) is 12.8 Å². The predicted octanol–water partition coefficient (Wildman–Crippen LogP) is 2.47. The second-order valence-corrected chi connectivity index (χ2v) is 11.1. The van der Waals surface area contributed by atoms with Crippen LogP contribution in [-0.2, 0) is 19.6 Å². The van der Waals surface area contributed by atoms with Crippen LogP contribution in [0.1, 0.15) is 25.7 Å². The number of carbonyl (C=O) groups is 2. The molecule has 2 amide bonds. The second-order valence-electron chi connectivity index (χ2n) is 9.21. The summed E-state index contributed by atoms with van der Waals surface area (Å²) in [5.74, 6) is -0.805. The summed E-state index contributed by atoms with van der Waals surface area (Å²) in [5.41, 5.74) is 0.543. The van der Waals surface area contributed by atoms with E-state index in [0.717, 1.165) is 0 Å². The van der Waals surface area contributed by atoms with Gasteiger partial charge in [0.15, 0.2) is 0 Å². The lowest BCUT2D eigenvalue weighted by Crippen LogP contribution is -2.51. The fourth-order valence-electron chi connectivity index (χ4n) is 4.83. The van der Waals surface area contributed by atoms with Gasteiger partial charge in [0.05, 0.1) is 10.6 Å². The first-order valence-electron chi connectivity index (χ1n) is 12.5. The molecule has 36 heavy (non-hydrogen) atoms. The van der Waals surface area contributed by atoms with Gasteiger partial charge in [-0.2, -0.15) is 4.31 Å². The van der Waals surface area contributed by atoms with E-state index < -0.39 is 10.0 Å². The van der Waals surface area contributed by atoms with Crippen LogP contribution < -0.4 is 10.2 Å². The highest BCUT2D eigenvalue weighted by Crippen LogP contribution is 2.23. The molecule has 0 spiro atoms. The first-order valence-corrected chi connectivity index (χ1v) is 13.9. The molecule has 2 aliphatic heterocycles. The molecule has 194 valence electrons. The molecule has 2 aliphatic rings. The maximum atomic E-state index is 14.2. The van der Waals surface area contributed by atoms with E-state index in [4.69, 9.17) is 0 Å². The SMILES string of the molecule is O=C1CCN(S(=O)(=O)c2ccccc2)CCCC(C(=O)N2CCN(c3ccccc3F)CC2)CCN1. The Hall–Kier alpha value is -2.98. The number of amides is 2. The van der Waals surface area contributed by atoms with Crippen LogP contribution in [0.2, 0.25) is 0 Å². The van der Waals surface area contributed by atoms with E-state index in [2.05, 4.69) is 5.32 Å². The summed E-state index contributed by atoms with van der Waals surface area (Å²) in [6.45, 7) is 2.78. The highest BCUT2D eigenvalue weighted by atomic mass is 32.2. The first kappa shape index (κ1) is 26.1. The third kappa shape index (κ3) is 6.22. The van der Waals surface area contributed by atoms with Crippen LogP contribution in [0.15, 0.2) is 59.5 Å². The van der Waals surface area contributed by atoms with Crippen LogP contribution in [-0.4, -0.2) is 75.3 Å². The Morgan fingerprint density at radius 3 is 2.31 bits per heavy atom. The van der Waals surface area contributed by atoms with Crippen molar-refractivity contribution in [3.8, 4) is 0 Å². The molecule has 0 saturated carbocycles. The lowest BCUT2D eigenvalue weighted by Gasteiger charge is -2.37. The van der Waals surface area contributed by atoms with Gasteiger partial charge in [0.1, 0.15) is 5.82 Å². The van der Waals surface area contributed by atoms with Crippen LogP contribution in [0.25, 0.3) is 0 Å². The third-order valence-electron chi connectivity index (χ3n) is 6.88. The fraction of sp³-hybridized carbons (Fsp3) is 0.462. The molecule has 0 bridgehead atoms. The van der Waals surface area contributed by atoms with E-state index in [9.17, 15) is 22.4 Å². The van der Waals surface area contributed by atoms with E-state index in [1.54, 1.807) is 48.5 Å². The third-order valence-corrected chi connectivity index (χ3v) is 8.79. The van der Waals surface area contributed by atoms with Gasteiger partial charge < -0.3 is 15.1 Å². The Bertz CT molecular complexity index is 1150. The quantitative estimate of drug-likeness (QED) is 0.675. The number of sulfonamides is 1. The summed E-state index contributed by atoms with van der Waals surface area (Å²) in [7, 11) is -3.74. The van der Waals surface area contributed by atoms with Gasteiger partial charge in [-0.05, 0) is 43.5 Å². The monoisotopic (exact) mass is 516 g/mol. The number of benzene rings is 2. The Labute approximate surface area is 212 Å². The molecule has 0 aromatic heterocycles. The minimum atomic E-state index is -3.74. The molecular weight excluding hydrogens is 483 g/mol.